The number of nitrogens with zero attached hydrogens (tertiary/aromatic N) is 5. The SMILES string of the molecule is CC(C)N(C(=O)c1cc(F)ccc1Oc1cncnc1N1CC2(CCN(C(=O)[C@H]3N[C@H]4CC[C@@H]3[C@H](F)[C@@H]4CC3CC3)CC2)C1)C(C)C. The van der Waals surface area contributed by atoms with Gasteiger partial charge in [-0.15, -0.1) is 0 Å². The van der Waals surface area contributed by atoms with Crippen LogP contribution in [0.25, 0.3) is 0 Å². The molecule has 254 valence electrons. The van der Waals surface area contributed by atoms with Crippen LogP contribution < -0.4 is 15.0 Å². The third-order valence-electron chi connectivity index (χ3n) is 11.4. The highest BCUT2D eigenvalue weighted by molar-refractivity contribution is 5.97. The highest BCUT2D eigenvalue weighted by Crippen LogP contribution is 2.48. The van der Waals surface area contributed by atoms with Crippen LogP contribution in [0.2, 0.25) is 0 Å². The van der Waals surface area contributed by atoms with Gasteiger partial charge in [-0.05, 0) is 83.9 Å². The zero-order chi connectivity index (χ0) is 33.0. The zero-order valence-electron chi connectivity index (χ0n) is 28.0. The van der Waals surface area contributed by atoms with Crippen LogP contribution in [0, 0.1) is 29.0 Å². The molecule has 47 heavy (non-hydrogen) atoms. The Hall–Kier alpha value is -3.34. The number of likely N-dealkylation sites (tertiary alicyclic amines) is 1. The summed E-state index contributed by atoms with van der Waals surface area (Å²) in [6.07, 6.45) is 9.13. The van der Waals surface area contributed by atoms with Crippen molar-refractivity contribution in [3.63, 3.8) is 0 Å². The lowest BCUT2D eigenvalue weighted by molar-refractivity contribution is -0.143. The van der Waals surface area contributed by atoms with Gasteiger partial charge in [-0.3, -0.25) is 9.59 Å². The van der Waals surface area contributed by atoms with Crippen LogP contribution in [-0.2, 0) is 4.79 Å². The van der Waals surface area contributed by atoms with Crippen molar-refractivity contribution < 1.29 is 23.1 Å². The number of fused-ring (bicyclic) bond motifs is 3. The number of anilines is 1. The highest BCUT2D eigenvalue weighted by Gasteiger charge is 2.54. The number of alkyl halides is 1. The molecule has 4 saturated heterocycles. The van der Waals surface area contributed by atoms with Crippen molar-refractivity contribution in [2.45, 2.75) is 103 Å². The number of benzene rings is 1. The highest BCUT2D eigenvalue weighted by atomic mass is 19.1. The Morgan fingerprint density at radius 3 is 2.45 bits per heavy atom. The fourth-order valence-corrected chi connectivity index (χ4v) is 8.81. The molecule has 11 heteroatoms. The summed E-state index contributed by atoms with van der Waals surface area (Å²) in [5, 5.41) is 3.59. The van der Waals surface area contributed by atoms with Gasteiger partial charge in [-0.1, -0.05) is 12.8 Å². The fourth-order valence-electron chi connectivity index (χ4n) is 8.81. The van der Waals surface area contributed by atoms with Crippen LogP contribution in [-0.4, -0.2) is 88.1 Å². The zero-order valence-corrected chi connectivity index (χ0v) is 28.0. The topological polar surface area (TPSA) is 90.9 Å². The van der Waals surface area contributed by atoms with E-state index in [2.05, 4.69) is 20.2 Å². The van der Waals surface area contributed by atoms with Crippen molar-refractivity contribution in [1.29, 1.82) is 0 Å². The maximum Gasteiger partial charge on any atom is 0.258 e. The van der Waals surface area contributed by atoms with E-state index in [9.17, 15) is 14.0 Å². The molecule has 5 atom stereocenters. The molecule has 6 aliphatic rings. The molecule has 2 bridgehead atoms. The summed E-state index contributed by atoms with van der Waals surface area (Å²) in [4.78, 5) is 41.7. The number of rotatable bonds is 9. The van der Waals surface area contributed by atoms with Crippen LogP contribution >= 0.6 is 0 Å². The van der Waals surface area contributed by atoms with E-state index in [4.69, 9.17) is 4.74 Å². The van der Waals surface area contributed by atoms with E-state index in [1.165, 1.54) is 37.4 Å². The molecule has 2 aliphatic carbocycles. The quantitative estimate of drug-likeness (QED) is 0.378. The lowest BCUT2D eigenvalue weighted by Gasteiger charge is -2.55. The van der Waals surface area contributed by atoms with Crippen LogP contribution in [0.1, 0.15) is 83.0 Å². The van der Waals surface area contributed by atoms with E-state index in [1.54, 1.807) is 11.1 Å². The van der Waals surface area contributed by atoms with Crippen molar-refractivity contribution in [3.8, 4) is 11.5 Å². The first-order valence-electron chi connectivity index (χ1n) is 17.6. The number of carbonyl (C=O) groups is 2. The Bertz CT molecular complexity index is 1470. The van der Waals surface area contributed by atoms with Gasteiger partial charge in [0.1, 0.15) is 24.1 Å². The van der Waals surface area contributed by atoms with Crippen molar-refractivity contribution >= 4 is 17.6 Å². The molecule has 9 nitrogen and oxygen atoms in total. The van der Waals surface area contributed by atoms with Crippen molar-refractivity contribution in [2.24, 2.45) is 23.2 Å². The maximum atomic E-state index is 15.6. The fraction of sp³-hybridized carbons (Fsp3) is 0.667. The number of halogens is 2. The third kappa shape index (κ3) is 6.20. The second-order valence-corrected chi connectivity index (χ2v) is 15.3. The number of carbonyl (C=O) groups excluding carboxylic acids is 2. The number of piperidine rings is 3. The predicted octanol–water partition coefficient (Wildman–Crippen LogP) is 5.60. The molecule has 1 aromatic heterocycles. The second-order valence-electron chi connectivity index (χ2n) is 15.3. The Balaban J connectivity index is 0.984. The van der Waals surface area contributed by atoms with Gasteiger partial charge in [-0.2, -0.15) is 0 Å². The van der Waals surface area contributed by atoms with Gasteiger partial charge in [0.25, 0.3) is 5.91 Å². The van der Waals surface area contributed by atoms with E-state index in [-0.39, 0.29) is 58.5 Å². The van der Waals surface area contributed by atoms with Gasteiger partial charge in [-0.25, -0.2) is 18.7 Å². The summed E-state index contributed by atoms with van der Waals surface area (Å²) in [6, 6.07) is 3.56. The van der Waals surface area contributed by atoms with Gasteiger partial charge < -0.3 is 24.8 Å². The lowest BCUT2D eigenvalue weighted by atomic mass is 9.66. The number of hydrogen-bond acceptors (Lipinski definition) is 7. The molecule has 5 heterocycles. The van der Waals surface area contributed by atoms with Gasteiger partial charge in [0.15, 0.2) is 11.6 Å². The third-order valence-corrected chi connectivity index (χ3v) is 11.4. The second kappa shape index (κ2) is 12.6. The molecule has 4 aliphatic heterocycles. The Morgan fingerprint density at radius 2 is 1.79 bits per heavy atom. The Morgan fingerprint density at radius 1 is 1.06 bits per heavy atom. The first-order chi connectivity index (χ1) is 22.5. The molecule has 8 rings (SSSR count). The Kier molecular flexibility index (Phi) is 8.64. The normalized spacial score (nSPS) is 28.1. The van der Waals surface area contributed by atoms with E-state index in [0.717, 1.165) is 45.2 Å². The summed E-state index contributed by atoms with van der Waals surface area (Å²) in [7, 11) is 0. The summed E-state index contributed by atoms with van der Waals surface area (Å²) >= 11 is 0. The number of aromatic nitrogens is 2. The van der Waals surface area contributed by atoms with Gasteiger partial charge in [0.05, 0.1) is 17.8 Å². The van der Waals surface area contributed by atoms with E-state index >= 15 is 4.39 Å². The van der Waals surface area contributed by atoms with E-state index < -0.39 is 18.0 Å². The summed E-state index contributed by atoms with van der Waals surface area (Å²) in [5.41, 5.74) is 0.208. The van der Waals surface area contributed by atoms with Gasteiger partial charge >= 0.3 is 0 Å². The minimum atomic E-state index is -0.876. The number of amides is 2. The average Bonchev–Trinajstić information content (AvgIpc) is 3.86. The first kappa shape index (κ1) is 32.2. The summed E-state index contributed by atoms with van der Waals surface area (Å²) < 4.78 is 36.2. The summed E-state index contributed by atoms with van der Waals surface area (Å²) in [5.74, 6) is 1.07. The number of ether oxygens (including phenoxy) is 1. The van der Waals surface area contributed by atoms with Crippen molar-refractivity contribution in [3.05, 3.63) is 42.1 Å². The largest absolute Gasteiger partial charge is 0.451 e. The first-order valence-corrected chi connectivity index (χ1v) is 17.6. The molecule has 1 aromatic carbocycles. The molecule has 0 unspecified atom stereocenters. The van der Waals surface area contributed by atoms with Crippen LogP contribution in [0.4, 0.5) is 14.6 Å². The lowest BCUT2D eigenvalue weighted by Crippen LogP contribution is -2.68. The van der Waals surface area contributed by atoms with E-state index in [1.807, 2.05) is 32.6 Å². The van der Waals surface area contributed by atoms with Crippen molar-refractivity contribution in [1.82, 2.24) is 25.1 Å². The molecule has 2 amide bonds. The van der Waals surface area contributed by atoms with Crippen LogP contribution in [0.15, 0.2) is 30.7 Å². The Labute approximate surface area is 276 Å². The monoisotopic (exact) mass is 650 g/mol. The smallest absolute Gasteiger partial charge is 0.258 e. The molecule has 1 N–H and O–H groups in total. The predicted molar refractivity (Wildman–Crippen MR) is 175 cm³/mol. The number of nitrogens with one attached hydrogen (secondary N) is 1. The minimum Gasteiger partial charge on any atom is -0.451 e. The van der Waals surface area contributed by atoms with Gasteiger partial charge in [0.2, 0.25) is 5.91 Å². The van der Waals surface area contributed by atoms with Crippen molar-refractivity contribution in [2.75, 3.05) is 31.1 Å². The summed E-state index contributed by atoms with van der Waals surface area (Å²) in [6.45, 7) is 10.6. The van der Waals surface area contributed by atoms with Crippen LogP contribution in [0.3, 0.4) is 0 Å². The maximum absolute atomic E-state index is 15.6. The number of hydrogen-bond donors (Lipinski definition) is 1. The molecule has 6 fully saturated rings. The van der Waals surface area contributed by atoms with Gasteiger partial charge in [0, 0.05) is 61.6 Å². The molecular weight excluding hydrogens is 602 g/mol. The molecule has 1 spiro atoms. The standard InChI is InChI=1S/C36H48F2N6O3/c1-21(2)44(22(3)4)34(45)27-16-24(37)7-10-29(27)47-30-17-39-20-40-33(30)43-18-36(19-43)11-13-42(14-12-36)35(46)32-25-8-9-28(41-32)26(31(25)38)15-23-5-6-23/h7,10,16-17,20-23,25-26,28,31-32,41H,5-6,8-9,11-15,18-19H2,1-4H3/t25-,26-,28+,31+,32+/m1/s1. The molecule has 0 radical (unpaired) electrons. The average molecular weight is 651 g/mol. The minimum absolute atomic E-state index is 0.0576. The van der Waals surface area contributed by atoms with E-state index in [0.29, 0.717) is 30.6 Å². The molecule has 2 aromatic rings. The van der Waals surface area contributed by atoms with Crippen LogP contribution in [0.5, 0.6) is 11.5 Å². The molecular formula is C36H48F2N6O3. The molecule has 2 saturated carbocycles.